The highest BCUT2D eigenvalue weighted by atomic mass is 32.1. The van der Waals surface area contributed by atoms with E-state index in [1.54, 1.807) is 22.2 Å². The molecule has 0 amide bonds. The first-order valence-corrected chi connectivity index (χ1v) is 8.73. The lowest BCUT2D eigenvalue weighted by atomic mass is 9.88. The molecule has 22 heavy (non-hydrogen) atoms. The van der Waals surface area contributed by atoms with Gasteiger partial charge in [-0.2, -0.15) is 0 Å². The number of thiophene rings is 1. The van der Waals surface area contributed by atoms with E-state index in [4.69, 9.17) is 4.74 Å². The Morgan fingerprint density at radius 2 is 2.18 bits per heavy atom. The first-order chi connectivity index (χ1) is 10.6. The van der Waals surface area contributed by atoms with Crippen LogP contribution in [0.25, 0.3) is 10.2 Å². The number of rotatable bonds is 1. The maximum absolute atomic E-state index is 12.9. The summed E-state index contributed by atoms with van der Waals surface area (Å²) in [5.74, 6) is 0. The zero-order valence-electron chi connectivity index (χ0n) is 13.0. The fraction of sp³-hybridized carbons (Fsp3) is 0.625. The topological polar surface area (TPSA) is 56.1 Å². The molecule has 2 aliphatic heterocycles. The normalized spacial score (nSPS) is 24.4. The smallest absolute Gasteiger partial charge is 0.262 e. The maximum atomic E-state index is 12.9. The van der Waals surface area contributed by atoms with E-state index in [1.807, 2.05) is 13.8 Å². The molecule has 2 aromatic rings. The molecule has 0 aliphatic carbocycles. The van der Waals surface area contributed by atoms with Crippen LogP contribution >= 0.6 is 11.3 Å². The molecule has 2 aromatic heterocycles. The van der Waals surface area contributed by atoms with Crippen molar-refractivity contribution in [3.63, 3.8) is 0 Å². The molecule has 2 fully saturated rings. The molecule has 4 heterocycles. The van der Waals surface area contributed by atoms with Crippen LogP contribution in [-0.4, -0.2) is 34.8 Å². The van der Waals surface area contributed by atoms with Gasteiger partial charge in [0.05, 0.1) is 30.0 Å². The highest BCUT2D eigenvalue weighted by Crippen LogP contribution is 2.39. The van der Waals surface area contributed by atoms with Gasteiger partial charge in [0.15, 0.2) is 0 Å². The van der Waals surface area contributed by atoms with Gasteiger partial charge in [-0.25, -0.2) is 4.98 Å². The highest BCUT2D eigenvalue weighted by Gasteiger charge is 2.42. The summed E-state index contributed by atoms with van der Waals surface area (Å²) in [5.41, 5.74) is 1.12. The Morgan fingerprint density at radius 3 is 2.95 bits per heavy atom. The van der Waals surface area contributed by atoms with Crippen LogP contribution in [0.3, 0.4) is 0 Å². The average molecular weight is 319 g/mol. The van der Waals surface area contributed by atoms with E-state index in [0.29, 0.717) is 6.61 Å². The van der Waals surface area contributed by atoms with Crippen LogP contribution in [0.15, 0.2) is 11.1 Å². The third-order valence-corrected chi connectivity index (χ3v) is 6.33. The summed E-state index contributed by atoms with van der Waals surface area (Å²) < 4.78 is 7.93. The Labute approximate surface area is 133 Å². The van der Waals surface area contributed by atoms with Gasteiger partial charge in [0, 0.05) is 4.88 Å². The summed E-state index contributed by atoms with van der Waals surface area (Å²) in [6, 6.07) is 0.113. The third kappa shape index (κ3) is 2.13. The molecule has 0 saturated carbocycles. The average Bonchev–Trinajstić information content (AvgIpc) is 3.03. The van der Waals surface area contributed by atoms with Crippen molar-refractivity contribution in [2.24, 2.45) is 0 Å². The molecule has 6 heteroatoms. The number of hydrogen-bond donors (Lipinski definition) is 1. The van der Waals surface area contributed by atoms with Gasteiger partial charge >= 0.3 is 0 Å². The van der Waals surface area contributed by atoms with E-state index >= 15 is 0 Å². The molecule has 1 atom stereocenters. The number of ether oxygens (including phenoxy) is 1. The molecule has 118 valence electrons. The zero-order valence-corrected chi connectivity index (χ0v) is 13.8. The van der Waals surface area contributed by atoms with Gasteiger partial charge in [0.25, 0.3) is 5.56 Å². The number of aromatic nitrogens is 2. The van der Waals surface area contributed by atoms with Crippen LogP contribution in [0, 0.1) is 13.8 Å². The number of fused-ring (bicyclic) bond motifs is 1. The molecule has 4 rings (SSSR count). The van der Waals surface area contributed by atoms with E-state index < -0.39 is 0 Å². The molecule has 2 aliphatic rings. The van der Waals surface area contributed by atoms with E-state index in [2.05, 4.69) is 10.3 Å². The number of aryl methyl sites for hydroxylation is 2. The summed E-state index contributed by atoms with van der Waals surface area (Å²) in [7, 11) is 0. The Hall–Kier alpha value is -1.24. The first-order valence-electron chi connectivity index (χ1n) is 7.91. The van der Waals surface area contributed by atoms with Gasteiger partial charge in [-0.15, -0.1) is 11.3 Å². The lowest BCUT2D eigenvalue weighted by molar-refractivity contribution is -0.0196. The van der Waals surface area contributed by atoms with Crippen molar-refractivity contribution in [3.8, 4) is 0 Å². The fourth-order valence-corrected chi connectivity index (χ4v) is 4.73. The third-order valence-electron chi connectivity index (χ3n) is 5.21. The number of nitrogens with zero attached hydrogens (tertiary/aromatic N) is 2. The van der Waals surface area contributed by atoms with Gasteiger partial charge in [-0.1, -0.05) is 0 Å². The lowest BCUT2D eigenvalue weighted by Gasteiger charge is -2.32. The van der Waals surface area contributed by atoms with Crippen molar-refractivity contribution in [1.29, 1.82) is 0 Å². The molecule has 0 bridgehead atoms. The van der Waals surface area contributed by atoms with Crippen LogP contribution in [0.5, 0.6) is 0 Å². The van der Waals surface area contributed by atoms with Gasteiger partial charge in [0.1, 0.15) is 4.83 Å². The quantitative estimate of drug-likeness (QED) is 0.875. The van der Waals surface area contributed by atoms with Crippen molar-refractivity contribution in [3.05, 3.63) is 27.1 Å². The Kier molecular flexibility index (Phi) is 3.36. The first kappa shape index (κ1) is 14.4. The van der Waals surface area contributed by atoms with Crippen molar-refractivity contribution >= 4 is 21.6 Å². The Balaban J connectivity index is 1.71. The number of hydrogen-bond acceptors (Lipinski definition) is 5. The van der Waals surface area contributed by atoms with E-state index in [0.717, 1.165) is 48.1 Å². The second-order valence-corrected chi connectivity index (χ2v) is 7.73. The summed E-state index contributed by atoms with van der Waals surface area (Å²) >= 11 is 1.60. The molecule has 2 saturated heterocycles. The van der Waals surface area contributed by atoms with E-state index in [-0.39, 0.29) is 17.2 Å². The molecule has 0 aromatic carbocycles. The minimum atomic E-state index is -0.0378. The van der Waals surface area contributed by atoms with Crippen LogP contribution < -0.4 is 10.9 Å². The summed E-state index contributed by atoms with van der Waals surface area (Å²) in [6.45, 7) is 6.69. The van der Waals surface area contributed by atoms with Gasteiger partial charge in [-0.05, 0) is 51.8 Å². The second-order valence-electron chi connectivity index (χ2n) is 6.52. The molecular formula is C16H21N3O2S. The standard InChI is InChI=1S/C16H21N3O2S/c1-10-11(2)22-14-13(10)15(20)19(9-18-14)12-7-16(21-8-12)3-5-17-6-4-16/h9,12,17H,3-8H2,1-2H3/t12-/m0/s1. The summed E-state index contributed by atoms with van der Waals surface area (Å²) in [6.07, 6.45) is 4.70. The number of piperidine rings is 1. The van der Waals surface area contributed by atoms with Gasteiger partial charge < -0.3 is 10.1 Å². The second kappa shape index (κ2) is 5.15. The van der Waals surface area contributed by atoms with Crippen LogP contribution in [0.1, 0.15) is 35.7 Å². The van der Waals surface area contributed by atoms with Crippen molar-refractivity contribution in [2.75, 3.05) is 19.7 Å². The van der Waals surface area contributed by atoms with Crippen LogP contribution in [0.4, 0.5) is 0 Å². The number of nitrogens with one attached hydrogen (secondary N) is 1. The summed E-state index contributed by atoms with van der Waals surface area (Å²) in [4.78, 5) is 19.4. The fourth-order valence-electron chi connectivity index (χ4n) is 3.74. The van der Waals surface area contributed by atoms with Crippen molar-refractivity contribution < 1.29 is 4.74 Å². The predicted molar refractivity (Wildman–Crippen MR) is 87.8 cm³/mol. The highest BCUT2D eigenvalue weighted by molar-refractivity contribution is 7.18. The largest absolute Gasteiger partial charge is 0.373 e. The zero-order chi connectivity index (χ0) is 15.3. The monoisotopic (exact) mass is 319 g/mol. The molecule has 0 radical (unpaired) electrons. The van der Waals surface area contributed by atoms with Crippen LogP contribution in [0.2, 0.25) is 0 Å². The van der Waals surface area contributed by atoms with E-state index in [1.165, 1.54) is 4.88 Å². The van der Waals surface area contributed by atoms with E-state index in [9.17, 15) is 4.79 Å². The molecular weight excluding hydrogens is 298 g/mol. The molecule has 1 N–H and O–H groups in total. The lowest BCUT2D eigenvalue weighted by Crippen LogP contribution is -2.41. The maximum Gasteiger partial charge on any atom is 0.262 e. The predicted octanol–water partition coefficient (Wildman–Crippen LogP) is 2.16. The molecule has 0 unspecified atom stereocenters. The Bertz CT molecular complexity index is 774. The van der Waals surface area contributed by atoms with Crippen molar-refractivity contribution in [2.45, 2.75) is 44.8 Å². The van der Waals surface area contributed by atoms with Gasteiger partial charge in [-0.3, -0.25) is 9.36 Å². The minimum Gasteiger partial charge on any atom is -0.373 e. The van der Waals surface area contributed by atoms with Crippen molar-refractivity contribution in [1.82, 2.24) is 14.9 Å². The van der Waals surface area contributed by atoms with Gasteiger partial charge in [0.2, 0.25) is 0 Å². The van der Waals surface area contributed by atoms with Crippen LogP contribution in [-0.2, 0) is 4.74 Å². The molecule has 5 nitrogen and oxygen atoms in total. The SMILES string of the molecule is Cc1sc2ncn([C@@H]3COC4(CCNCC4)C3)c(=O)c2c1C. The Morgan fingerprint density at radius 1 is 1.41 bits per heavy atom. The minimum absolute atomic E-state index is 0.0378. The summed E-state index contributed by atoms with van der Waals surface area (Å²) in [5, 5.41) is 4.17. The molecule has 1 spiro atoms.